The number of aryl methyl sites for hydroxylation is 1. The van der Waals surface area contributed by atoms with Crippen LogP contribution in [-0.4, -0.2) is 56.0 Å². The number of aromatic amines is 1. The monoisotopic (exact) mass is 578 g/mol. The number of hydrogen-bond acceptors (Lipinski definition) is 7. The summed E-state index contributed by atoms with van der Waals surface area (Å²) in [4.78, 5) is 18.1. The number of ether oxygens (including phenoxy) is 1. The lowest BCUT2D eigenvalue weighted by Gasteiger charge is -2.39. The first-order chi connectivity index (χ1) is 18.3. The van der Waals surface area contributed by atoms with Crippen molar-refractivity contribution in [2.75, 3.05) is 6.61 Å². The molecule has 3 heterocycles. The van der Waals surface area contributed by atoms with Gasteiger partial charge in [0.25, 0.3) is 5.91 Å². The number of rotatable bonds is 8. The summed E-state index contributed by atoms with van der Waals surface area (Å²) < 4.78 is 101. The highest BCUT2D eigenvalue weighted by Gasteiger charge is 2.58. The van der Waals surface area contributed by atoms with Gasteiger partial charge >= 0.3 is 12.4 Å². The molecule has 2 N–H and O–H groups in total. The SMILES string of the molecule is CCc1cnc(C2=C(c3nn[nH]n3)C(=O)NC(C=C3CC=C(OCCCC(F)(F)F)C=C3F)(C(F)(F)F)C2)s1. The fourth-order valence-electron chi connectivity index (χ4n) is 4.02. The van der Waals surface area contributed by atoms with Crippen molar-refractivity contribution in [1.29, 1.82) is 0 Å². The van der Waals surface area contributed by atoms with Crippen LogP contribution >= 0.6 is 11.3 Å². The maximum atomic E-state index is 14.9. The van der Waals surface area contributed by atoms with Crippen molar-refractivity contribution in [3.05, 3.63) is 57.3 Å². The second kappa shape index (κ2) is 10.9. The molecule has 0 fully saturated rings. The highest BCUT2D eigenvalue weighted by molar-refractivity contribution is 7.12. The standard InChI is InChI=1S/C23H21F7N6O2S/c1-2-14-11-31-20(39-14)15-10-21(23(28,29)30,32-19(37)17(15)18-33-35-36-34-18)9-12-4-5-13(8-16(12)24)38-7-3-6-22(25,26)27/h5,8-9,11H,2-4,6-7,10H2,1H3,(H,32,37)(H,33,34,35,36). The molecule has 1 unspecified atom stereocenters. The maximum Gasteiger partial charge on any atom is 0.415 e. The van der Waals surface area contributed by atoms with Crippen LogP contribution in [0.1, 0.15) is 48.3 Å². The molecule has 16 heteroatoms. The van der Waals surface area contributed by atoms with Gasteiger partial charge in [-0.3, -0.25) is 4.79 Å². The summed E-state index contributed by atoms with van der Waals surface area (Å²) in [6.07, 6.45) is -7.35. The minimum Gasteiger partial charge on any atom is -0.494 e. The van der Waals surface area contributed by atoms with Crippen molar-refractivity contribution < 1.29 is 40.3 Å². The Bertz CT molecular complexity index is 1340. The Labute approximate surface area is 220 Å². The Morgan fingerprint density at radius 2 is 2.00 bits per heavy atom. The number of hydrogen-bond donors (Lipinski definition) is 2. The zero-order chi connectivity index (χ0) is 28.4. The fourth-order valence-corrected chi connectivity index (χ4v) is 4.92. The Hall–Kier alpha value is -3.56. The molecule has 0 saturated heterocycles. The number of nitrogens with one attached hydrogen (secondary N) is 2. The summed E-state index contributed by atoms with van der Waals surface area (Å²) in [7, 11) is 0. The van der Waals surface area contributed by atoms with E-state index in [1.54, 1.807) is 0 Å². The smallest absolute Gasteiger partial charge is 0.415 e. The number of alkyl halides is 6. The van der Waals surface area contributed by atoms with Crippen LogP contribution < -0.4 is 5.32 Å². The Morgan fingerprint density at radius 1 is 1.23 bits per heavy atom. The molecule has 0 bridgehead atoms. The second-order valence-corrected chi connectivity index (χ2v) is 9.83. The number of halogens is 7. The largest absolute Gasteiger partial charge is 0.494 e. The molecule has 0 spiro atoms. The van der Waals surface area contributed by atoms with Crippen molar-refractivity contribution >= 4 is 28.4 Å². The molecule has 1 aliphatic carbocycles. The van der Waals surface area contributed by atoms with Gasteiger partial charge in [0.05, 0.1) is 12.2 Å². The van der Waals surface area contributed by atoms with Gasteiger partial charge in [-0.2, -0.15) is 31.6 Å². The van der Waals surface area contributed by atoms with Crippen LogP contribution in [0.5, 0.6) is 0 Å². The predicted octanol–water partition coefficient (Wildman–Crippen LogP) is 5.38. The van der Waals surface area contributed by atoms with Gasteiger partial charge < -0.3 is 10.1 Å². The lowest BCUT2D eigenvalue weighted by Crippen LogP contribution is -2.60. The third-order valence-electron chi connectivity index (χ3n) is 5.95. The summed E-state index contributed by atoms with van der Waals surface area (Å²) in [5, 5.41) is 15.2. The summed E-state index contributed by atoms with van der Waals surface area (Å²) in [5.41, 5.74) is -3.72. The molecule has 1 aliphatic heterocycles. The van der Waals surface area contributed by atoms with E-state index in [0.717, 1.165) is 22.3 Å². The van der Waals surface area contributed by atoms with E-state index in [4.69, 9.17) is 4.74 Å². The van der Waals surface area contributed by atoms with Crippen molar-refractivity contribution in [2.45, 2.75) is 56.9 Å². The van der Waals surface area contributed by atoms with Gasteiger partial charge in [0, 0.05) is 35.6 Å². The quantitative estimate of drug-likeness (QED) is 0.322. The Balaban J connectivity index is 1.67. The normalized spacial score (nSPS) is 21.6. The molecule has 39 heavy (non-hydrogen) atoms. The van der Waals surface area contributed by atoms with E-state index in [2.05, 4.69) is 25.6 Å². The second-order valence-electron chi connectivity index (χ2n) is 8.71. The van der Waals surface area contributed by atoms with Crippen LogP contribution in [0.3, 0.4) is 0 Å². The number of aromatic nitrogens is 5. The summed E-state index contributed by atoms with van der Waals surface area (Å²) >= 11 is 1.11. The number of allylic oxidation sites excluding steroid dienone is 4. The van der Waals surface area contributed by atoms with Crippen molar-refractivity contribution in [3.8, 4) is 0 Å². The van der Waals surface area contributed by atoms with Gasteiger partial charge in [0.15, 0.2) is 5.54 Å². The average molecular weight is 579 g/mol. The highest BCUT2D eigenvalue weighted by atomic mass is 32.1. The van der Waals surface area contributed by atoms with E-state index in [1.165, 1.54) is 12.3 Å². The number of nitrogens with zero attached hydrogens (tertiary/aromatic N) is 4. The van der Waals surface area contributed by atoms with E-state index in [1.807, 2.05) is 12.2 Å². The molecule has 0 saturated carbocycles. The summed E-state index contributed by atoms with van der Waals surface area (Å²) in [6, 6.07) is 0. The maximum absolute atomic E-state index is 14.9. The fraction of sp³-hybridized carbons (Fsp3) is 0.435. The molecular formula is C23H21F7N6O2S. The first kappa shape index (κ1) is 28.4. The molecule has 210 valence electrons. The lowest BCUT2D eigenvalue weighted by molar-refractivity contribution is -0.183. The predicted molar refractivity (Wildman–Crippen MR) is 125 cm³/mol. The van der Waals surface area contributed by atoms with E-state index >= 15 is 0 Å². The van der Waals surface area contributed by atoms with Gasteiger partial charge in [-0.1, -0.05) is 6.92 Å². The van der Waals surface area contributed by atoms with Gasteiger partial charge in [-0.25, -0.2) is 9.37 Å². The Kier molecular flexibility index (Phi) is 7.95. The number of amides is 1. The summed E-state index contributed by atoms with van der Waals surface area (Å²) in [5.74, 6) is -2.55. The number of carbonyl (C=O) groups is 1. The zero-order valence-corrected chi connectivity index (χ0v) is 21.0. The molecule has 0 aromatic carbocycles. The molecule has 0 radical (unpaired) electrons. The molecule has 4 rings (SSSR count). The average Bonchev–Trinajstić information content (AvgIpc) is 3.54. The van der Waals surface area contributed by atoms with Crippen molar-refractivity contribution in [3.63, 3.8) is 0 Å². The zero-order valence-electron chi connectivity index (χ0n) is 20.2. The topological polar surface area (TPSA) is 106 Å². The van der Waals surface area contributed by atoms with E-state index in [-0.39, 0.29) is 52.8 Å². The van der Waals surface area contributed by atoms with Crippen LogP contribution in [0.25, 0.3) is 11.1 Å². The number of thiazole rings is 1. The first-order valence-corrected chi connectivity index (χ1v) is 12.4. The van der Waals surface area contributed by atoms with Gasteiger partial charge in [-0.15, -0.1) is 21.5 Å². The van der Waals surface area contributed by atoms with Crippen LogP contribution in [0.4, 0.5) is 30.7 Å². The summed E-state index contributed by atoms with van der Waals surface area (Å²) in [6.45, 7) is 1.49. The lowest BCUT2D eigenvalue weighted by atomic mass is 9.81. The first-order valence-electron chi connectivity index (χ1n) is 11.6. The van der Waals surface area contributed by atoms with Gasteiger partial charge in [-0.05, 0) is 42.2 Å². The van der Waals surface area contributed by atoms with Gasteiger partial charge in [0.2, 0.25) is 5.82 Å². The van der Waals surface area contributed by atoms with E-state index in [0.29, 0.717) is 12.5 Å². The van der Waals surface area contributed by atoms with E-state index < -0.39 is 42.5 Å². The van der Waals surface area contributed by atoms with Crippen LogP contribution in [0.2, 0.25) is 0 Å². The Morgan fingerprint density at radius 3 is 2.59 bits per heavy atom. The third kappa shape index (κ3) is 6.37. The molecular weight excluding hydrogens is 557 g/mol. The van der Waals surface area contributed by atoms with Crippen LogP contribution in [0, 0.1) is 0 Å². The van der Waals surface area contributed by atoms with Crippen molar-refractivity contribution in [1.82, 2.24) is 30.9 Å². The number of carbonyl (C=O) groups excluding carboxylic acids is 1. The molecule has 8 nitrogen and oxygen atoms in total. The van der Waals surface area contributed by atoms with E-state index in [9.17, 15) is 35.5 Å². The van der Waals surface area contributed by atoms with Crippen LogP contribution in [-0.2, 0) is 16.0 Å². The molecule has 2 aliphatic rings. The molecule has 1 amide bonds. The number of H-pyrrole nitrogens is 1. The van der Waals surface area contributed by atoms with Crippen LogP contribution in [0.15, 0.2) is 41.6 Å². The molecule has 2 aromatic rings. The highest BCUT2D eigenvalue weighted by Crippen LogP contribution is 2.46. The minimum atomic E-state index is -5.06. The number of tetrazole rings is 1. The molecule has 2 aromatic heterocycles. The minimum absolute atomic E-state index is 0.0801. The van der Waals surface area contributed by atoms with Crippen molar-refractivity contribution in [2.24, 2.45) is 0 Å². The third-order valence-corrected chi connectivity index (χ3v) is 7.15. The molecule has 1 atom stereocenters. The van der Waals surface area contributed by atoms with Gasteiger partial charge in [0.1, 0.15) is 16.6 Å².